The zero-order chi connectivity index (χ0) is 28.6. The van der Waals surface area contributed by atoms with Gasteiger partial charge in [-0.3, -0.25) is 9.59 Å². The molecule has 7 heteroatoms. The molecule has 2 aromatic rings. The van der Waals surface area contributed by atoms with E-state index in [9.17, 15) is 23.5 Å². The number of ether oxygens (including phenoxy) is 2. The molecule has 214 valence electrons. The number of hydrogen-bond donors (Lipinski definition) is 1. The van der Waals surface area contributed by atoms with Gasteiger partial charge in [0.25, 0.3) is 0 Å². The van der Waals surface area contributed by atoms with Crippen LogP contribution in [0.1, 0.15) is 88.3 Å². The van der Waals surface area contributed by atoms with E-state index in [1.54, 1.807) is 0 Å². The van der Waals surface area contributed by atoms with E-state index in [1.165, 1.54) is 5.56 Å². The Hall–Kier alpha value is -2.96. The molecule has 0 radical (unpaired) electrons. The average molecular weight is 545 g/mol. The van der Waals surface area contributed by atoms with E-state index in [2.05, 4.69) is 12.1 Å². The molecule has 3 rings (SSSR count). The fraction of sp³-hybridized carbons (Fsp3) is 0.562. The molecule has 0 amide bonds. The van der Waals surface area contributed by atoms with Crippen LogP contribution in [0.15, 0.2) is 42.5 Å². The smallest absolute Gasteiger partial charge is 0.310 e. The van der Waals surface area contributed by atoms with Crippen LogP contribution in [0.25, 0.3) is 0 Å². The van der Waals surface area contributed by atoms with E-state index in [1.807, 2.05) is 58.0 Å². The van der Waals surface area contributed by atoms with Gasteiger partial charge in [0, 0.05) is 30.7 Å². The van der Waals surface area contributed by atoms with Crippen molar-refractivity contribution in [3.63, 3.8) is 0 Å². The lowest BCUT2D eigenvalue weighted by Crippen LogP contribution is -2.52. The van der Waals surface area contributed by atoms with Crippen LogP contribution in [-0.4, -0.2) is 36.0 Å². The zero-order valence-electron chi connectivity index (χ0n) is 23.6. The van der Waals surface area contributed by atoms with E-state index in [0.29, 0.717) is 31.1 Å². The van der Waals surface area contributed by atoms with E-state index in [0.717, 1.165) is 36.8 Å². The van der Waals surface area contributed by atoms with Crippen molar-refractivity contribution in [1.29, 1.82) is 0 Å². The summed E-state index contributed by atoms with van der Waals surface area (Å²) in [5, 5.41) is 9.77. The highest BCUT2D eigenvalue weighted by molar-refractivity contribution is 5.89. The Morgan fingerprint density at radius 1 is 1.03 bits per heavy atom. The van der Waals surface area contributed by atoms with E-state index in [4.69, 9.17) is 9.47 Å². The van der Waals surface area contributed by atoms with E-state index >= 15 is 0 Å². The first-order valence-corrected chi connectivity index (χ1v) is 14.1. The third-order valence-corrected chi connectivity index (χ3v) is 7.87. The van der Waals surface area contributed by atoms with Crippen LogP contribution >= 0.6 is 0 Å². The number of hydrogen-bond acceptors (Lipinski definition) is 4. The van der Waals surface area contributed by atoms with Gasteiger partial charge in [-0.15, -0.1) is 0 Å². The first kappa shape index (κ1) is 30.6. The Labute approximate surface area is 230 Å². The number of ketones is 1. The van der Waals surface area contributed by atoms with Crippen LogP contribution in [-0.2, 0) is 16.0 Å². The number of halogens is 2. The minimum absolute atomic E-state index is 0.269. The van der Waals surface area contributed by atoms with Gasteiger partial charge in [-0.05, 0) is 68.7 Å². The largest absolute Gasteiger partial charge is 0.493 e. The molecular formula is C32H42F2O5. The molecule has 1 aliphatic carbocycles. The number of carbonyl (C=O) groups excluding carboxylic acids is 1. The predicted octanol–water partition coefficient (Wildman–Crippen LogP) is 7.77. The summed E-state index contributed by atoms with van der Waals surface area (Å²) in [6.45, 7) is 8.83. The second-order valence-corrected chi connectivity index (χ2v) is 11.0. The fourth-order valence-electron chi connectivity index (χ4n) is 5.63. The summed E-state index contributed by atoms with van der Waals surface area (Å²) in [5.41, 5.74) is 1.27. The van der Waals surface area contributed by atoms with Crippen molar-refractivity contribution >= 4 is 11.8 Å². The van der Waals surface area contributed by atoms with Gasteiger partial charge in [-0.2, -0.15) is 0 Å². The molecule has 1 aliphatic rings. The highest BCUT2D eigenvalue weighted by atomic mass is 19.3. The number of rotatable bonds is 16. The topological polar surface area (TPSA) is 72.8 Å². The Balaban J connectivity index is 1.86. The van der Waals surface area contributed by atoms with Crippen LogP contribution < -0.4 is 9.47 Å². The Kier molecular flexibility index (Phi) is 10.5. The molecule has 0 bridgehead atoms. The molecule has 2 aromatic carbocycles. The van der Waals surface area contributed by atoms with Crippen LogP contribution in [0.4, 0.5) is 8.78 Å². The summed E-state index contributed by atoms with van der Waals surface area (Å²) in [6, 6.07) is 14.0. The highest BCUT2D eigenvalue weighted by Crippen LogP contribution is 2.55. The minimum Gasteiger partial charge on any atom is -0.493 e. The molecule has 1 saturated carbocycles. The number of Topliss-reactive ketones (excluding diaryl/α,β-unsaturated/α-hetero) is 1. The molecule has 0 spiro atoms. The van der Waals surface area contributed by atoms with Gasteiger partial charge in [-0.25, -0.2) is 8.78 Å². The molecule has 0 aliphatic heterocycles. The summed E-state index contributed by atoms with van der Waals surface area (Å²) in [7, 11) is 0. The lowest BCUT2D eigenvalue weighted by atomic mass is 9.61. The van der Waals surface area contributed by atoms with Crippen LogP contribution in [0.3, 0.4) is 0 Å². The molecule has 0 heterocycles. The number of benzene rings is 2. The van der Waals surface area contributed by atoms with Gasteiger partial charge >= 0.3 is 5.97 Å². The lowest BCUT2D eigenvalue weighted by Gasteiger charge is -2.44. The second-order valence-electron chi connectivity index (χ2n) is 11.0. The second kappa shape index (κ2) is 13.4. The molecule has 1 N–H and O–H groups in total. The first-order valence-electron chi connectivity index (χ1n) is 14.1. The number of aryl methyl sites for hydroxylation is 1. The number of unbranched alkanes of at least 4 members (excludes halogenated alkanes) is 1. The van der Waals surface area contributed by atoms with Crippen molar-refractivity contribution in [2.75, 3.05) is 13.2 Å². The SMILES string of the molecule is CCCOc1cc(C(C)C(CCCCc2ccccc2)C(=O)CC2(C(=O)O)CC(F)(F)C2)cc(OCC)c1C. The third-order valence-electron chi connectivity index (χ3n) is 7.87. The van der Waals surface area contributed by atoms with Gasteiger partial charge in [0.15, 0.2) is 0 Å². The van der Waals surface area contributed by atoms with Gasteiger partial charge in [0.1, 0.15) is 17.3 Å². The standard InChI is InChI=1S/C32H42F2O5/c1-5-16-39-29-18-25(17-28(23(29)4)38-6-2)22(3)26(15-11-10-14-24-12-8-7-9-13-24)27(35)19-31(30(36)37)20-32(33,34)21-31/h7-9,12-13,17-18,22,26H,5-6,10-11,14-16,19-21H2,1-4H3,(H,36,37). The normalized spacial score (nSPS) is 17.1. The van der Waals surface area contributed by atoms with Crippen molar-refractivity contribution < 1.29 is 33.0 Å². The summed E-state index contributed by atoms with van der Waals surface area (Å²) < 4.78 is 39.4. The van der Waals surface area contributed by atoms with E-state index in [-0.39, 0.29) is 18.1 Å². The molecular weight excluding hydrogens is 502 g/mol. The predicted molar refractivity (Wildman–Crippen MR) is 148 cm³/mol. The highest BCUT2D eigenvalue weighted by Gasteiger charge is 2.62. The van der Waals surface area contributed by atoms with Crippen LogP contribution in [0, 0.1) is 18.3 Å². The number of carboxylic acid groups (broad SMARTS) is 1. The van der Waals surface area contributed by atoms with Gasteiger partial charge < -0.3 is 14.6 Å². The van der Waals surface area contributed by atoms with Crippen molar-refractivity contribution in [2.24, 2.45) is 11.3 Å². The Morgan fingerprint density at radius 3 is 2.23 bits per heavy atom. The van der Waals surface area contributed by atoms with Crippen molar-refractivity contribution in [3.8, 4) is 11.5 Å². The molecule has 0 aromatic heterocycles. The quantitative estimate of drug-likeness (QED) is 0.219. The number of carbonyl (C=O) groups is 2. The van der Waals surface area contributed by atoms with Crippen LogP contribution in [0.5, 0.6) is 11.5 Å². The fourth-order valence-corrected chi connectivity index (χ4v) is 5.63. The zero-order valence-corrected chi connectivity index (χ0v) is 23.6. The molecule has 39 heavy (non-hydrogen) atoms. The molecule has 2 atom stereocenters. The maximum Gasteiger partial charge on any atom is 0.310 e. The maximum atomic E-state index is 13.8. The number of alkyl halides is 2. The maximum absolute atomic E-state index is 13.8. The monoisotopic (exact) mass is 544 g/mol. The number of carboxylic acids is 1. The van der Waals surface area contributed by atoms with Gasteiger partial charge in [-0.1, -0.05) is 50.6 Å². The molecule has 2 unspecified atom stereocenters. The Morgan fingerprint density at radius 2 is 1.67 bits per heavy atom. The lowest BCUT2D eigenvalue weighted by molar-refractivity contribution is -0.196. The van der Waals surface area contributed by atoms with Crippen molar-refractivity contribution in [3.05, 3.63) is 59.2 Å². The van der Waals surface area contributed by atoms with Gasteiger partial charge in [0.05, 0.1) is 18.6 Å². The Bertz CT molecular complexity index is 1110. The van der Waals surface area contributed by atoms with Crippen molar-refractivity contribution in [1.82, 2.24) is 0 Å². The molecule has 5 nitrogen and oxygen atoms in total. The minimum atomic E-state index is -3.04. The first-order chi connectivity index (χ1) is 18.5. The van der Waals surface area contributed by atoms with E-state index < -0.39 is 36.1 Å². The summed E-state index contributed by atoms with van der Waals surface area (Å²) in [5.74, 6) is -4.03. The molecule has 1 fully saturated rings. The molecule has 0 saturated heterocycles. The summed E-state index contributed by atoms with van der Waals surface area (Å²) in [6.07, 6.45) is 1.93. The number of aliphatic carboxylic acids is 1. The summed E-state index contributed by atoms with van der Waals surface area (Å²) in [4.78, 5) is 25.7. The third kappa shape index (κ3) is 7.80. The van der Waals surface area contributed by atoms with Gasteiger partial charge in [0.2, 0.25) is 5.92 Å². The summed E-state index contributed by atoms with van der Waals surface area (Å²) >= 11 is 0. The van der Waals surface area contributed by atoms with Crippen LogP contribution in [0.2, 0.25) is 0 Å². The average Bonchev–Trinajstić information content (AvgIpc) is 2.88. The van der Waals surface area contributed by atoms with Crippen molar-refractivity contribution in [2.45, 2.75) is 90.9 Å².